The van der Waals surface area contributed by atoms with Crippen LogP contribution in [0.3, 0.4) is 0 Å². The molecule has 2 aromatic rings. The van der Waals surface area contributed by atoms with Crippen LogP contribution >= 0.6 is 23.1 Å². The first kappa shape index (κ1) is 23.5. The van der Waals surface area contributed by atoms with Crippen molar-refractivity contribution >= 4 is 39.1 Å². The van der Waals surface area contributed by atoms with Crippen molar-refractivity contribution in [2.24, 2.45) is 5.92 Å². The normalized spacial score (nSPS) is 25.3. The number of thioether (sulfide) groups is 1. The van der Waals surface area contributed by atoms with Gasteiger partial charge >= 0.3 is 6.18 Å². The molecular weight excluding hydrogens is 443 g/mol. The smallest absolute Gasteiger partial charge is 0.338 e. The third-order valence-corrected chi connectivity index (χ3v) is 6.99. The lowest BCUT2D eigenvalue weighted by atomic mass is 9.92. The summed E-state index contributed by atoms with van der Waals surface area (Å²) in [6.07, 6.45) is -4.61. The van der Waals surface area contributed by atoms with Crippen LogP contribution in [0.5, 0.6) is 0 Å². The van der Waals surface area contributed by atoms with E-state index in [1.807, 2.05) is 19.9 Å². The average Bonchev–Trinajstić information content (AvgIpc) is 3.12. The van der Waals surface area contributed by atoms with Gasteiger partial charge in [0.25, 0.3) is 0 Å². The van der Waals surface area contributed by atoms with Crippen LogP contribution in [-0.4, -0.2) is 35.7 Å². The molecule has 31 heavy (non-hydrogen) atoms. The Morgan fingerprint density at radius 1 is 1.35 bits per heavy atom. The van der Waals surface area contributed by atoms with Crippen LogP contribution in [0.25, 0.3) is 10.1 Å². The molecule has 3 atom stereocenters. The topological polar surface area (TPSA) is 64.9 Å². The van der Waals surface area contributed by atoms with Crippen molar-refractivity contribution < 1.29 is 18.0 Å². The Kier molecular flexibility index (Phi) is 7.20. The number of thiophene rings is 1. The number of benzene rings is 1. The first-order valence-corrected chi connectivity index (χ1v) is 11.7. The molecule has 0 fully saturated rings. The zero-order chi connectivity index (χ0) is 22.6. The van der Waals surface area contributed by atoms with E-state index in [9.17, 15) is 23.2 Å². The minimum atomic E-state index is -4.77. The third-order valence-electron chi connectivity index (χ3n) is 4.84. The van der Waals surface area contributed by atoms with Gasteiger partial charge in [-0.3, -0.25) is 10.1 Å². The van der Waals surface area contributed by atoms with Crippen molar-refractivity contribution in [2.45, 2.75) is 44.1 Å². The van der Waals surface area contributed by atoms with E-state index in [2.05, 4.69) is 22.5 Å². The minimum Gasteiger partial charge on any atom is -0.338 e. The minimum absolute atomic E-state index is 0.00339. The molecule has 0 saturated heterocycles. The summed E-state index contributed by atoms with van der Waals surface area (Å²) in [7, 11) is 0. The van der Waals surface area contributed by atoms with E-state index in [0.29, 0.717) is 10.1 Å². The SMILES string of the molecule is CC(C)C[C@@H]1N[C@@](c2cc3ccccc3s2)(C(F)(F)F)C#CCSC[C@@H](C#N)NC1=O. The summed E-state index contributed by atoms with van der Waals surface area (Å²) in [5.74, 6) is 4.79. The van der Waals surface area contributed by atoms with E-state index >= 15 is 0 Å². The maximum Gasteiger partial charge on any atom is 0.423 e. The summed E-state index contributed by atoms with van der Waals surface area (Å²) >= 11 is 2.23. The van der Waals surface area contributed by atoms with Gasteiger partial charge in [-0.15, -0.1) is 23.1 Å². The number of halogens is 3. The molecule has 1 aliphatic rings. The zero-order valence-corrected chi connectivity index (χ0v) is 18.7. The van der Waals surface area contributed by atoms with Crippen LogP contribution < -0.4 is 10.6 Å². The molecule has 2 N–H and O–H groups in total. The van der Waals surface area contributed by atoms with Crippen molar-refractivity contribution in [3.05, 3.63) is 35.2 Å². The summed E-state index contributed by atoms with van der Waals surface area (Å²) in [6, 6.07) is 8.58. The molecule has 0 unspecified atom stereocenters. The molecule has 1 aromatic carbocycles. The average molecular weight is 466 g/mol. The molecule has 1 aromatic heterocycles. The van der Waals surface area contributed by atoms with E-state index < -0.39 is 29.7 Å². The van der Waals surface area contributed by atoms with Crippen molar-refractivity contribution in [3.8, 4) is 17.9 Å². The summed E-state index contributed by atoms with van der Waals surface area (Å²) in [5.41, 5.74) is -2.69. The highest BCUT2D eigenvalue weighted by Gasteiger charge is 2.58. The predicted molar refractivity (Wildman–Crippen MR) is 119 cm³/mol. The second-order valence-corrected chi connectivity index (χ2v) is 9.84. The number of carbonyl (C=O) groups is 1. The quantitative estimate of drug-likeness (QED) is 0.659. The summed E-state index contributed by atoms with van der Waals surface area (Å²) in [6.45, 7) is 3.66. The maximum atomic E-state index is 14.7. The molecule has 0 saturated carbocycles. The molecule has 9 heteroatoms. The number of amides is 1. The fourth-order valence-electron chi connectivity index (χ4n) is 3.37. The lowest BCUT2D eigenvalue weighted by Crippen LogP contribution is -2.60. The number of hydrogen-bond acceptors (Lipinski definition) is 5. The van der Waals surface area contributed by atoms with Crippen LogP contribution in [0.2, 0.25) is 0 Å². The second kappa shape index (κ2) is 9.52. The number of fused-ring (bicyclic) bond motifs is 1. The summed E-state index contributed by atoms with van der Waals surface area (Å²) in [5, 5.41) is 15.2. The van der Waals surface area contributed by atoms with Crippen molar-refractivity contribution in [2.75, 3.05) is 11.5 Å². The van der Waals surface area contributed by atoms with Crippen LogP contribution in [0, 0.1) is 29.1 Å². The van der Waals surface area contributed by atoms with Crippen LogP contribution in [0.1, 0.15) is 25.1 Å². The highest BCUT2D eigenvalue weighted by molar-refractivity contribution is 7.99. The van der Waals surface area contributed by atoms with E-state index in [1.54, 1.807) is 24.3 Å². The van der Waals surface area contributed by atoms with E-state index in [4.69, 9.17) is 0 Å². The number of nitrogens with zero attached hydrogens (tertiary/aromatic N) is 1. The molecule has 3 rings (SSSR count). The molecule has 2 heterocycles. The van der Waals surface area contributed by atoms with Crippen molar-refractivity contribution in [3.63, 3.8) is 0 Å². The molecule has 4 nitrogen and oxygen atoms in total. The molecular formula is C22H22F3N3OS2. The molecule has 164 valence electrons. The highest BCUT2D eigenvalue weighted by atomic mass is 32.2. The van der Waals surface area contributed by atoms with Crippen LogP contribution in [-0.2, 0) is 10.3 Å². The fourth-order valence-corrected chi connectivity index (χ4v) is 5.25. The number of rotatable bonds is 3. The lowest BCUT2D eigenvalue weighted by molar-refractivity contribution is -0.184. The fraction of sp³-hybridized carbons (Fsp3) is 0.455. The Morgan fingerprint density at radius 3 is 2.74 bits per heavy atom. The van der Waals surface area contributed by atoms with Crippen molar-refractivity contribution in [1.29, 1.82) is 5.26 Å². The predicted octanol–water partition coefficient (Wildman–Crippen LogP) is 4.42. The van der Waals surface area contributed by atoms with Gasteiger partial charge < -0.3 is 5.32 Å². The van der Waals surface area contributed by atoms with Gasteiger partial charge in [-0.1, -0.05) is 43.9 Å². The van der Waals surface area contributed by atoms with Gasteiger partial charge in [-0.25, -0.2) is 0 Å². The van der Waals surface area contributed by atoms with Gasteiger partial charge in [0.15, 0.2) is 0 Å². The number of nitriles is 1. The Morgan fingerprint density at radius 2 is 2.10 bits per heavy atom. The van der Waals surface area contributed by atoms with E-state index in [0.717, 1.165) is 11.3 Å². The molecule has 0 bridgehead atoms. The molecule has 0 radical (unpaired) electrons. The maximum absolute atomic E-state index is 14.7. The van der Waals surface area contributed by atoms with Crippen LogP contribution in [0.4, 0.5) is 13.2 Å². The largest absolute Gasteiger partial charge is 0.423 e. The van der Waals surface area contributed by atoms with Crippen LogP contribution in [0.15, 0.2) is 30.3 Å². The monoisotopic (exact) mass is 465 g/mol. The third kappa shape index (κ3) is 5.17. The van der Waals surface area contributed by atoms with Gasteiger partial charge in [-0.05, 0) is 29.9 Å². The first-order valence-electron chi connectivity index (χ1n) is 9.77. The Bertz CT molecular complexity index is 1010. The zero-order valence-electron chi connectivity index (χ0n) is 17.0. The Balaban J connectivity index is 2.17. The summed E-state index contributed by atoms with van der Waals surface area (Å²) in [4.78, 5) is 12.9. The van der Waals surface area contributed by atoms with Gasteiger partial charge in [0.2, 0.25) is 11.4 Å². The highest BCUT2D eigenvalue weighted by Crippen LogP contribution is 2.44. The number of alkyl halides is 3. The van der Waals surface area contributed by atoms with E-state index in [-0.39, 0.29) is 28.7 Å². The van der Waals surface area contributed by atoms with Gasteiger partial charge in [-0.2, -0.15) is 18.4 Å². The second-order valence-electron chi connectivity index (χ2n) is 7.73. The van der Waals surface area contributed by atoms with Gasteiger partial charge in [0, 0.05) is 15.3 Å². The molecule has 1 amide bonds. The molecule has 0 spiro atoms. The molecule has 1 aliphatic heterocycles. The Labute approximate surface area is 187 Å². The number of hydrogen-bond donors (Lipinski definition) is 2. The lowest BCUT2D eigenvalue weighted by Gasteiger charge is -2.35. The standard InChI is InChI=1S/C22H22F3N3OS2/c1-14(2)10-17-20(29)27-16(12-26)13-30-9-5-8-21(28-17,22(23,24)25)19-11-15-6-3-4-7-18(15)31-19/h3-4,6-7,11,14,16-17,28H,9-10,13H2,1-2H3,(H,27,29)/t16-,17+,21+/m1/s1. The summed E-state index contributed by atoms with van der Waals surface area (Å²) < 4.78 is 44.8. The van der Waals surface area contributed by atoms with Gasteiger partial charge in [0.1, 0.15) is 6.04 Å². The Hall–Kier alpha value is -2.20. The number of nitrogens with one attached hydrogen (secondary N) is 2. The molecule has 0 aliphatic carbocycles. The van der Waals surface area contributed by atoms with Gasteiger partial charge in [0.05, 0.1) is 17.9 Å². The number of carbonyl (C=O) groups excluding carboxylic acids is 1. The first-order chi connectivity index (χ1) is 14.7. The van der Waals surface area contributed by atoms with E-state index in [1.165, 1.54) is 17.8 Å². The van der Waals surface area contributed by atoms with Crippen molar-refractivity contribution in [1.82, 2.24) is 10.6 Å².